The van der Waals surface area contributed by atoms with Crippen molar-refractivity contribution in [1.29, 1.82) is 0 Å². The van der Waals surface area contributed by atoms with E-state index in [0.717, 1.165) is 17.1 Å². The summed E-state index contributed by atoms with van der Waals surface area (Å²) in [4.78, 5) is 2.43. The summed E-state index contributed by atoms with van der Waals surface area (Å²) in [6, 6.07) is 87.0. The lowest BCUT2D eigenvalue weighted by molar-refractivity contribution is 0.775. The molecule has 0 saturated heterocycles. The molecule has 0 unspecified atom stereocenters. The Hall–Kier alpha value is -7.48. The second-order valence-electron chi connectivity index (χ2n) is 15.3. The fourth-order valence-electron chi connectivity index (χ4n) is 9.54. The topological polar surface area (TPSA) is 3.24 Å². The molecular weight excluding hydrogens is 699 g/mol. The highest BCUT2D eigenvalue weighted by Gasteiger charge is 2.48. The predicted molar refractivity (Wildman–Crippen MR) is 244 cm³/mol. The van der Waals surface area contributed by atoms with Gasteiger partial charge >= 0.3 is 0 Å². The quantitative estimate of drug-likeness (QED) is 0.157. The van der Waals surface area contributed by atoms with E-state index in [1.165, 1.54) is 77.2 Å². The van der Waals surface area contributed by atoms with Gasteiger partial charge in [-0.15, -0.1) is 0 Å². The first-order valence-electron chi connectivity index (χ1n) is 20.1. The standard InChI is InChI=1S/C57H39N/c1-5-17-40(18-6-1)42-29-32-48(33-30-42)58(49-34-31-41-19-13-14-22-44(41)37-49)50-35-36-52-54(39-50)57(46-24-9-3-10-25-46,47-26-11-4-12-27-47)56-51-28-16-15-23-45(51)38-53(55(52)56)43-20-7-2-8-21-43/h1-39H. The van der Waals surface area contributed by atoms with Crippen LogP contribution in [0.1, 0.15) is 22.3 Å². The fraction of sp³-hybridized carbons (Fsp3) is 0.0175. The van der Waals surface area contributed by atoms with Crippen LogP contribution in [0.15, 0.2) is 237 Å². The van der Waals surface area contributed by atoms with Gasteiger partial charge in [0.25, 0.3) is 0 Å². The molecule has 0 amide bonds. The van der Waals surface area contributed by atoms with Gasteiger partial charge in [-0.2, -0.15) is 0 Å². The first-order valence-corrected chi connectivity index (χ1v) is 20.1. The minimum Gasteiger partial charge on any atom is -0.310 e. The summed E-state index contributed by atoms with van der Waals surface area (Å²) < 4.78 is 0. The van der Waals surface area contributed by atoms with E-state index in [0.29, 0.717) is 0 Å². The van der Waals surface area contributed by atoms with Gasteiger partial charge in [0.05, 0.1) is 5.41 Å². The number of rotatable bonds is 7. The molecule has 10 aromatic rings. The summed E-state index contributed by atoms with van der Waals surface area (Å²) in [7, 11) is 0. The Kier molecular flexibility index (Phi) is 8.12. The summed E-state index contributed by atoms with van der Waals surface area (Å²) in [6.45, 7) is 0. The zero-order valence-electron chi connectivity index (χ0n) is 32.0. The SMILES string of the molecule is c1ccc(-c2ccc(N(c3ccc4c(c3)C(c3ccccc3)(c3ccccc3)c3c-4c(-c4ccccc4)cc4ccccc34)c3ccc4ccccc4c3)cc2)cc1. The largest absolute Gasteiger partial charge is 0.310 e. The normalized spacial score (nSPS) is 12.6. The molecular formula is C57H39N. The van der Waals surface area contributed by atoms with Crippen molar-refractivity contribution >= 4 is 38.6 Å². The molecule has 0 spiro atoms. The van der Waals surface area contributed by atoms with Crippen molar-refractivity contribution in [2.75, 3.05) is 4.90 Å². The van der Waals surface area contributed by atoms with Crippen LogP contribution in [-0.4, -0.2) is 0 Å². The summed E-state index contributed by atoms with van der Waals surface area (Å²) >= 11 is 0. The lowest BCUT2D eigenvalue weighted by atomic mass is 9.66. The third kappa shape index (κ3) is 5.39. The number of hydrogen-bond acceptors (Lipinski definition) is 1. The van der Waals surface area contributed by atoms with Gasteiger partial charge in [0.1, 0.15) is 0 Å². The second kappa shape index (κ2) is 13.9. The summed E-state index contributed by atoms with van der Waals surface area (Å²) in [6.07, 6.45) is 0. The summed E-state index contributed by atoms with van der Waals surface area (Å²) in [5, 5.41) is 4.94. The predicted octanol–water partition coefficient (Wildman–Crippen LogP) is 15.2. The molecule has 58 heavy (non-hydrogen) atoms. The Morgan fingerprint density at radius 3 is 1.48 bits per heavy atom. The first-order chi connectivity index (χ1) is 28.8. The highest BCUT2D eigenvalue weighted by atomic mass is 15.1. The Morgan fingerprint density at radius 1 is 0.310 bits per heavy atom. The third-order valence-electron chi connectivity index (χ3n) is 12.1. The van der Waals surface area contributed by atoms with E-state index in [4.69, 9.17) is 0 Å². The molecule has 0 atom stereocenters. The number of anilines is 3. The zero-order valence-corrected chi connectivity index (χ0v) is 32.0. The van der Waals surface area contributed by atoms with Crippen LogP contribution in [0.3, 0.4) is 0 Å². The Balaban J connectivity index is 1.23. The van der Waals surface area contributed by atoms with Crippen LogP contribution in [0.4, 0.5) is 17.1 Å². The average Bonchev–Trinajstić information content (AvgIpc) is 3.62. The van der Waals surface area contributed by atoms with E-state index in [1.54, 1.807) is 0 Å². The van der Waals surface area contributed by atoms with E-state index in [1.807, 2.05) is 0 Å². The maximum absolute atomic E-state index is 2.49. The molecule has 0 bridgehead atoms. The first kappa shape index (κ1) is 33.8. The minimum atomic E-state index is -0.611. The van der Waals surface area contributed by atoms with Crippen molar-refractivity contribution in [2.24, 2.45) is 0 Å². The van der Waals surface area contributed by atoms with Crippen molar-refractivity contribution in [3.63, 3.8) is 0 Å². The van der Waals surface area contributed by atoms with E-state index >= 15 is 0 Å². The van der Waals surface area contributed by atoms with E-state index < -0.39 is 5.41 Å². The summed E-state index contributed by atoms with van der Waals surface area (Å²) in [5.41, 5.74) is 15.2. The van der Waals surface area contributed by atoms with E-state index in [9.17, 15) is 0 Å². The van der Waals surface area contributed by atoms with Gasteiger partial charge in [-0.05, 0) is 120 Å². The second-order valence-corrected chi connectivity index (χ2v) is 15.3. The highest BCUT2D eigenvalue weighted by molar-refractivity contribution is 6.07. The monoisotopic (exact) mass is 737 g/mol. The Labute approximate surface area is 339 Å². The van der Waals surface area contributed by atoms with Gasteiger partial charge in [0, 0.05) is 17.1 Å². The molecule has 10 aromatic carbocycles. The lowest BCUT2D eigenvalue weighted by Gasteiger charge is -2.35. The number of nitrogens with zero attached hydrogens (tertiary/aromatic N) is 1. The molecule has 0 aliphatic heterocycles. The van der Waals surface area contributed by atoms with Crippen LogP contribution in [0.2, 0.25) is 0 Å². The number of fused-ring (bicyclic) bond motifs is 6. The molecule has 1 nitrogen and oxygen atoms in total. The Bertz CT molecular complexity index is 3040. The lowest BCUT2D eigenvalue weighted by Crippen LogP contribution is -2.29. The molecule has 0 aromatic heterocycles. The fourth-order valence-corrected chi connectivity index (χ4v) is 9.54. The molecule has 272 valence electrons. The van der Waals surface area contributed by atoms with Crippen LogP contribution < -0.4 is 4.90 Å². The molecule has 1 aliphatic rings. The molecule has 1 heteroatoms. The smallest absolute Gasteiger partial charge is 0.0720 e. The molecule has 0 N–H and O–H groups in total. The highest BCUT2D eigenvalue weighted by Crippen LogP contribution is 2.61. The number of benzene rings is 10. The molecule has 0 heterocycles. The maximum Gasteiger partial charge on any atom is 0.0720 e. The minimum absolute atomic E-state index is 0.611. The number of hydrogen-bond donors (Lipinski definition) is 0. The molecule has 11 rings (SSSR count). The van der Waals surface area contributed by atoms with E-state index in [-0.39, 0.29) is 0 Å². The average molecular weight is 738 g/mol. The molecule has 0 saturated carbocycles. The van der Waals surface area contributed by atoms with Crippen molar-refractivity contribution in [3.8, 4) is 33.4 Å². The molecule has 1 aliphatic carbocycles. The maximum atomic E-state index is 2.49. The van der Waals surface area contributed by atoms with Gasteiger partial charge in [-0.25, -0.2) is 0 Å². The van der Waals surface area contributed by atoms with Crippen LogP contribution in [0.5, 0.6) is 0 Å². The van der Waals surface area contributed by atoms with Gasteiger partial charge in [-0.1, -0.05) is 194 Å². The van der Waals surface area contributed by atoms with Crippen LogP contribution in [0.25, 0.3) is 54.9 Å². The summed E-state index contributed by atoms with van der Waals surface area (Å²) in [5.74, 6) is 0. The Morgan fingerprint density at radius 2 is 0.810 bits per heavy atom. The van der Waals surface area contributed by atoms with Gasteiger partial charge in [0.15, 0.2) is 0 Å². The molecule has 0 radical (unpaired) electrons. The van der Waals surface area contributed by atoms with Crippen LogP contribution in [-0.2, 0) is 5.41 Å². The van der Waals surface area contributed by atoms with Gasteiger partial charge in [0.2, 0.25) is 0 Å². The van der Waals surface area contributed by atoms with Crippen molar-refractivity contribution < 1.29 is 0 Å². The van der Waals surface area contributed by atoms with Crippen molar-refractivity contribution in [3.05, 3.63) is 259 Å². The molecule has 0 fully saturated rings. The van der Waals surface area contributed by atoms with E-state index in [2.05, 4.69) is 241 Å². The van der Waals surface area contributed by atoms with Gasteiger partial charge < -0.3 is 4.90 Å². The van der Waals surface area contributed by atoms with Crippen LogP contribution >= 0.6 is 0 Å². The van der Waals surface area contributed by atoms with Gasteiger partial charge in [-0.3, -0.25) is 0 Å². The van der Waals surface area contributed by atoms with Crippen molar-refractivity contribution in [2.45, 2.75) is 5.41 Å². The van der Waals surface area contributed by atoms with Crippen LogP contribution in [0, 0.1) is 0 Å². The zero-order chi connectivity index (χ0) is 38.5. The third-order valence-corrected chi connectivity index (χ3v) is 12.1. The van der Waals surface area contributed by atoms with Crippen molar-refractivity contribution in [1.82, 2.24) is 0 Å².